The van der Waals surface area contributed by atoms with Gasteiger partial charge in [-0.3, -0.25) is 0 Å². The van der Waals surface area contributed by atoms with E-state index in [0.29, 0.717) is 40.5 Å². The minimum absolute atomic E-state index is 0.530. The SMILES string of the molecule is c1ccc(-c2nc(-c3ccc(-c4ccc5c(c4)Oc4cc6c(cc4O5)C(c4ccccc4)(c4ccccc4)c4ccccc4-6)cc3)nc(-c3ccc(-c4ccccc4)c4ccccc34)n2)cc1. The molecule has 2 aliphatic rings. The Hall–Kier alpha value is -8.93. The van der Waals surface area contributed by atoms with Crippen LogP contribution < -0.4 is 9.47 Å². The van der Waals surface area contributed by atoms with Gasteiger partial charge >= 0.3 is 0 Å². The highest BCUT2D eigenvalue weighted by Gasteiger charge is 2.47. The average Bonchev–Trinajstić information content (AvgIpc) is 3.69. The van der Waals surface area contributed by atoms with Gasteiger partial charge in [0, 0.05) is 16.7 Å². The molecular formula is C62H39N3O2. The third-order valence-electron chi connectivity index (χ3n) is 13.3. The van der Waals surface area contributed by atoms with Crippen LogP contribution >= 0.6 is 0 Å². The number of hydrogen-bond donors (Lipinski definition) is 0. The van der Waals surface area contributed by atoms with Crippen LogP contribution in [0.3, 0.4) is 0 Å². The summed E-state index contributed by atoms with van der Waals surface area (Å²) in [6.45, 7) is 0. The van der Waals surface area contributed by atoms with E-state index in [2.05, 4.69) is 194 Å². The summed E-state index contributed by atoms with van der Waals surface area (Å²) in [5, 5.41) is 2.22. The van der Waals surface area contributed by atoms with Crippen LogP contribution in [0.4, 0.5) is 0 Å². The van der Waals surface area contributed by atoms with E-state index in [1.165, 1.54) is 33.4 Å². The molecule has 0 unspecified atom stereocenters. The van der Waals surface area contributed by atoms with Crippen molar-refractivity contribution in [1.82, 2.24) is 15.0 Å². The standard InChI is InChI=1S/C62H39N3O2/c1-5-17-41(18-6-1)47-34-35-51(49-26-14-13-25-48(47)49)61-64-59(42-19-7-2-8-20-42)63-60(65-61)43-31-29-40(30-32-43)44-33-36-55-56(37-44)67-57-38-52-50-27-15-16-28-53(50)62(45-21-9-3-10-22-45,46-23-11-4-12-24-46)54(52)39-58(57)66-55/h1-39H. The van der Waals surface area contributed by atoms with Crippen molar-refractivity contribution in [3.8, 4) is 90.5 Å². The zero-order valence-electron chi connectivity index (χ0n) is 36.2. The molecule has 67 heavy (non-hydrogen) atoms. The van der Waals surface area contributed by atoms with Crippen LogP contribution in [0.1, 0.15) is 22.3 Å². The smallest absolute Gasteiger partial charge is 0.170 e. The molecule has 1 aromatic heterocycles. The summed E-state index contributed by atoms with van der Waals surface area (Å²) in [6, 6.07) is 82.6. The van der Waals surface area contributed by atoms with Crippen LogP contribution in [-0.4, -0.2) is 15.0 Å². The van der Waals surface area contributed by atoms with E-state index in [0.717, 1.165) is 49.7 Å². The van der Waals surface area contributed by atoms with Crippen LogP contribution in [0.15, 0.2) is 237 Å². The molecule has 0 spiro atoms. The molecule has 1 aliphatic heterocycles. The lowest BCUT2D eigenvalue weighted by molar-refractivity contribution is 0.359. The number of fused-ring (bicyclic) bond motifs is 6. The van der Waals surface area contributed by atoms with Crippen LogP contribution in [0.5, 0.6) is 23.0 Å². The van der Waals surface area contributed by atoms with Crippen molar-refractivity contribution >= 4 is 10.8 Å². The number of benzene rings is 10. The highest BCUT2D eigenvalue weighted by molar-refractivity contribution is 6.04. The summed E-state index contributed by atoms with van der Waals surface area (Å²) < 4.78 is 13.5. The Morgan fingerprint density at radius 3 is 1.43 bits per heavy atom. The normalized spacial score (nSPS) is 12.8. The molecule has 0 fully saturated rings. The molecule has 2 heterocycles. The minimum Gasteiger partial charge on any atom is -0.450 e. The van der Waals surface area contributed by atoms with E-state index in [9.17, 15) is 0 Å². The second kappa shape index (κ2) is 15.7. The Labute approximate surface area is 388 Å². The third kappa shape index (κ3) is 6.35. The molecule has 0 saturated carbocycles. The first-order chi connectivity index (χ1) is 33.2. The fourth-order valence-corrected chi connectivity index (χ4v) is 10.2. The lowest BCUT2D eigenvalue weighted by Gasteiger charge is -2.34. The second-order valence-corrected chi connectivity index (χ2v) is 17.1. The van der Waals surface area contributed by atoms with Gasteiger partial charge in [0.2, 0.25) is 0 Å². The first kappa shape index (κ1) is 38.5. The summed E-state index contributed by atoms with van der Waals surface area (Å²) in [5.74, 6) is 4.56. The van der Waals surface area contributed by atoms with Crippen LogP contribution in [-0.2, 0) is 5.41 Å². The molecular weight excluding hydrogens is 819 g/mol. The van der Waals surface area contributed by atoms with E-state index >= 15 is 0 Å². The molecule has 0 N–H and O–H groups in total. The monoisotopic (exact) mass is 857 g/mol. The maximum absolute atomic E-state index is 6.77. The Kier molecular flexibility index (Phi) is 9.00. The zero-order valence-corrected chi connectivity index (χ0v) is 36.2. The predicted octanol–water partition coefficient (Wildman–Crippen LogP) is 15.6. The van der Waals surface area contributed by atoms with Crippen molar-refractivity contribution in [1.29, 1.82) is 0 Å². The van der Waals surface area contributed by atoms with Crippen molar-refractivity contribution in [3.05, 3.63) is 259 Å². The molecule has 0 radical (unpaired) electrons. The number of aromatic nitrogens is 3. The van der Waals surface area contributed by atoms with Crippen molar-refractivity contribution in [2.75, 3.05) is 0 Å². The third-order valence-corrected chi connectivity index (χ3v) is 13.3. The number of rotatable bonds is 7. The van der Waals surface area contributed by atoms with Gasteiger partial charge in [-0.15, -0.1) is 0 Å². The molecule has 0 bridgehead atoms. The van der Waals surface area contributed by atoms with E-state index in [4.69, 9.17) is 24.4 Å². The quantitative estimate of drug-likeness (QED) is 0.160. The lowest BCUT2D eigenvalue weighted by atomic mass is 9.67. The van der Waals surface area contributed by atoms with Gasteiger partial charge in [0.25, 0.3) is 0 Å². The topological polar surface area (TPSA) is 57.1 Å². The van der Waals surface area contributed by atoms with Gasteiger partial charge in [-0.25, -0.2) is 15.0 Å². The van der Waals surface area contributed by atoms with E-state index < -0.39 is 5.41 Å². The van der Waals surface area contributed by atoms with Crippen molar-refractivity contribution < 1.29 is 9.47 Å². The van der Waals surface area contributed by atoms with Crippen molar-refractivity contribution in [2.45, 2.75) is 5.41 Å². The largest absolute Gasteiger partial charge is 0.450 e. The molecule has 13 rings (SSSR count). The molecule has 1 aliphatic carbocycles. The van der Waals surface area contributed by atoms with E-state index in [1.807, 2.05) is 42.5 Å². The van der Waals surface area contributed by atoms with Crippen molar-refractivity contribution in [3.63, 3.8) is 0 Å². The van der Waals surface area contributed by atoms with E-state index in [1.54, 1.807) is 0 Å². The van der Waals surface area contributed by atoms with Gasteiger partial charge in [-0.2, -0.15) is 0 Å². The van der Waals surface area contributed by atoms with Gasteiger partial charge in [0.15, 0.2) is 40.5 Å². The second-order valence-electron chi connectivity index (χ2n) is 17.1. The number of nitrogens with zero attached hydrogens (tertiary/aromatic N) is 3. The van der Waals surface area contributed by atoms with Crippen molar-refractivity contribution in [2.24, 2.45) is 0 Å². The molecule has 0 saturated heterocycles. The average molecular weight is 858 g/mol. The van der Waals surface area contributed by atoms with E-state index in [-0.39, 0.29) is 0 Å². The Morgan fingerprint density at radius 1 is 0.269 bits per heavy atom. The van der Waals surface area contributed by atoms with Crippen LogP contribution in [0.25, 0.3) is 78.3 Å². The zero-order chi connectivity index (χ0) is 44.3. The van der Waals surface area contributed by atoms with Gasteiger partial charge in [0.1, 0.15) is 0 Å². The Morgan fingerprint density at radius 2 is 0.746 bits per heavy atom. The molecule has 314 valence electrons. The minimum atomic E-state index is -0.530. The fraction of sp³-hybridized carbons (Fsp3) is 0.0161. The number of ether oxygens (including phenoxy) is 2. The summed E-state index contributed by atoms with van der Waals surface area (Å²) in [4.78, 5) is 15.3. The van der Waals surface area contributed by atoms with Gasteiger partial charge in [-0.1, -0.05) is 206 Å². The molecule has 0 atom stereocenters. The highest BCUT2D eigenvalue weighted by atomic mass is 16.6. The highest BCUT2D eigenvalue weighted by Crippen LogP contribution is 2.60. The summed E-state index contributed by atoms with van der Waals surface area (Å²) in [5.41, 5.74) is 13.7. The lowest BCUT2D eigenvalue weighted by Crippen LogP contribution is -2.28. The fourth-order valence-electron chi connectivity index (χ4n) is 10.2. The molecule has 10 aromatic carbocycles. The molecule has 5 heteroatoms. The maximum atomic E-state index is 6.77. The maximum Gasteiger partial charge on any atom is 0.170 e. The number of hydrogen-bond acceptors (Lipinski definition) is 5. The van der Waals surface area contributed by atoms with Crippen LogP contribution in [0, 0.1) is 0 Å². The first-order valence-electron chi connectivity index (χ1n) is 22.6. The molecule has 5 nitrogen and oxygen atoms in total. The first-order valence-corrected chi connectivity index (χ1v) is 22.6. The molecule has 0 amide bonds. The van der Waals surface area contributed by atoms with Gasteiger partial charge < -0.3 is 9.47 Å². The summed E-state index contributed by atoms with van der Waals surface area (Å²) in [6.07, 6.45) is 0. The Bertz CT molecular complexity index is 3630. The van der Waals surface area contributed by atoms with Gasteiger partial charge in [-0.05, 0) is 96.7 Å². The summed E-state index contributed by atoms with van der Waals surface area (Å²) in [7, 11) is 0. The van der Waals surface area contributed by atoms with Gasteiger partial charge in [0.05, 0.1) is 5.41 Å². The van der Waals surface area contributed by atoms with Crippen LogP contribution in [0.2, 0.25) is 0 Å². The Balaban J connectivity index is 0.854. The molecule has 11 aromatic rings. The predicted molar refractivity (Wildman–Crippen MR) is 268 cm³/mol. The summed E-state index contributed by atoms with van der Waals surface area (Å²) >= 11 is 0.